The molecule has 1 aromatic heterocycles. The van der Waals surface area contributed by atoms with Crippen LogP contribution < -0.4 is 5.73 Å². The molecule has 1 aromatic carbocycles. The van der Waals surface area contributed by atoms with Crippen molar-refractivity contribution >= 4 is 5.91 Å². The average Bonchev–Trinajstić information content (AvgIpc) is 3.15. The maximum absolute atomic E-state index is 11.3. The van der Waals surface area contributed by atoms with Gasteiger partial charge in [0, 0.05) is 6.20 Å². The van der Waals surface area contributed by atoms with Gasteiger partial charge in [-0.3, -0.25) is 4.79 Å². The number of aryl methyl sites for hydroxylation is 2. The number of rotatable bonds is 2. The first kappa shape index (κ1) is 11.7. The van der Waals surface area contributed by atoms with Gasteiger partial charge >= 0.3 is 0 Å². The van der Waals surface area contributed by atoms with Crippen LogP contribution in [0.5, 0.6) is 0 Å². The molecular formula is C16H17N3O. The Balaban J connectivity index is 1.94. The van der Waals surface area contributed by atoms with Crippen molar-refractivity contribution in [2.75, 3.05) is 0 Å². The van der Waals surface area contributed by atoms with Gasteiger partial charge in [0.25, 0.3) is 5.91 Å². The van der Waals surface area contributed by atoms with Crippen LogP contribution >= 0.6 is 0 Å². The molecule has 1 amide bonds. The van der Waals surface area contributed by atoms with Crippen molar-refractivity contribution < 1.29 is 4.79 Å². The van der Waals surface area contributed by atoms with Crippen molar-refractivity contribution in [3.05, 3.63) is 46.3 Å². The molecule has 20 heavy (non-hydrogen) atoms. The molecule has 2 aromatic rings. The van der Waals surface area contributed by atoms with Gasteiger partial charge in [0.05, 0.1) is 17.4 Å². The number of carbonyl (C=O) groups is 1. The van der Waals surface area contributed by atoms with E-state index in [0.29, 0.717) is 5.56 Å². The van der Waals surface area contributed by atoms with E-state index >= 15 is 0 Å². The van der Waals surface area contributed by atoms with Gasteiger partial charge in [-0.15, -0.1) is 0 Å². The molecule has 2 aliphatic carbocycles. The minimum atomic E-state index is -0.416. The second kappa shape index (κ2) is 4.20. The van der Waals surface area contributed by atoms with Crippen LogP contribution in [0.3, 0.4) is 0 Å². The summed E-state index contributed by atoms with van der Waals surface area (Å²) in [5.74, 6) is -0.416. The summed E-state index contributed by atoms with van der Waals surface area (Å²) in [7, 11) is 0. The van der Waals surface area contributed by atoms with Gasteiger partial charge in [-0.1, -0.05) is 6.07 Å². The van der Waals surface area contributed by atoms with Gasteiger partial charge in [-0.05, 0) is 60.8 Å². The smallest absolute Gasteiger partial charge is 0.251 e. The average molecular weight is 267 g/mol. The Bertz CT molecular complexity index is 683. The van der Waals surface area contributed by atoms with Crippen molar-refractivity contribution in [1.29, 1.82) is 0 Å². The summed E-state index contributed by atoms with van der Waals surface area (Å²) in [5.41, 5.74) is 12.8. The molecule has 0 spiro atoms. The van der Waals surface area contributed by atoms with Crippen molar-refractivity contribution in [3.63, 3.8) is 0 Å². The third kappa shape index (κ3) is 1.60. The van der Waals surface area contributed by atoms with Crippen LogP contribution in [0.2, 0.25) is 0 Å². The highest BCUT2D eigenvalue weighted by molar-refractivity contribution is 5.92. The van der Waals surface area contributed by atoms with E-state index in [1.54, 1.807) is 12.4 Å². The van der Waals surface area contributed by atoms with E-state index in [0.717, 1.165) is 12.8 Å². The quantitative estimate of drug-likeness (QED) is 0.904. The fraction of sp³-hybridized carbons (Fsp3) is 0.375. The van der Waals surface area contributed by atoms with Crippen LogP contribution in [0, 0.1) is 0 Å². The molecule has 0 fully saturated rings. The van der Waals surface area contributed by atoms with Crippen LogP contribution in [0.15, 0.2) is 18.5 Å². The van der Waals surface area contributed by atoms with E-state index in [9.17, 15) is 4.79 Å². The van der Waals surface area contributed by atoms with E-state index in [4.69, 9.17) is 5.73 Å². The van der Waals surface area contributed by atoms with Gasteiger partial charge < -0.3 is 5.73 Å². The molecule has 2 aliphatic rings. The zero-order valence-corrected chi connectivity index (χ0v) is 11.4. The molecule has 2 N–H and O–H groups in total. The Kier molecular flexibility index (Phi) is 2.46. The molecule has 0 saturated carbocycles. The monoisotopic (exact) mass is 267 g/mol. The molecular weight excluding hydrogens is 250 g/mol. The van der Waals surface area contributed by atoms with E-state index in [1.165, 1.54) is 53.6 Å². The number of aromatic nitrogens is 2. The fourth-order valence-corrected chi connectivity index (χ4v) is 3.63. The first-order valence-corrected chi connectivity index (χ1v) is 7.25. The van der Waals surface area contributed by atoms with E-state index in [2.05, 4.69) is 11.2 Å². The highest BCUT2D eigenvalue weighted by Crippen LogP contribution is 2.37. The van der Waals surface area contributed by atoms with Crippen molar-refractivity contribution in [3.8, 4) is 5.69 Å². The number of primary amides is 1. The Labute approximate surface area is 117 Å². The maximum Gasteiger partial charge on any atom is 0.251 e. The summed E-state index contributed by atoms with van der Waals surface area (Å²) >= 11 is 0. The van der Waals surface area contributed by atoms with E-state index in [-0.39, 0.29) is 0 Å². The highest BCUT2D eigenvalue weighted by atomic mass is 16.1. The van der Waals surface area contributed by atoms with Crippen LogP contribution in [0.1, 0.15) is 45.5 Å². The Morgan fingerprint density at radius 1 is 1.10 bits per heavy atom. The molecule has 102 valence electrons. The number of amides is 1. The first-order valence-electron chi connectivity index (χ1n) is 7.25. The molecule has 1 heterocycles. The van der Waals surface area contributed by atoms with Gasteiger partial charge in [-0.25, -0.2) is 4.68 Å². The molecule has 4 rings (SSSR count). The lowest BCUT2D eigenvalue weighted by molar-refractivity contribution is 0.100. The van der Waals surface area contributed by atoms with Crippen molar-refractivity contribution in [2.45, 2.75) is 38.5 Å². The third-order valence-corrected chi connectivity index (χ3v) is 4.54. The summed E-state index contributed by atoms with van der Waals surface area (Å²) in [4.78, 5) is 11.3. The predicted octanol–water partition coefficient (Wildman–Crippen LogP) is 1.95. The van der Waals surface area contributed by atoms with Crippen LogP contribution in [-0.4, -0.2) is 15.7 Å². The number of hydrogen-bond donors (Lipinski definition) is 1. The number of carbonyl (C=O) groups excluding carboxylic acids is 1. The summed E-state index contributed by atoms with van der Waals surface area (Å²) in [6.07, 6.45) is 10.3. The number of hydrogen-bond acceptors (Lipinski definition) is 2. The molecule has 4 nitrogen and oxygen atoms in total. The summed E-state index contributed by atoms with van der Waals surface area (Å²) < 4.78 is 1.87. The highest BCUT2D eigenvalue weighted by Gasteiger charge is 2.25. The van der Waals surface area contributed by atoms with E-state index in [1.807, 2.05) is 4.68 Å². The Morgan fingerprint density at radius 3 is 2.30 bits per heavy atom. The largest absolute Gasteiger partial charge is 0.366 e. The minimum Gasteiger partial charge on any atom is -0.366 e. The lowest BCUT2D eigenvalue weighted by atomic mass is 9.99. The summed E-state index contributed by atoms with van der Waals surface area (Å²) in [6, 6.07) is 2.40. The van der Waals surface area contributed by atoms with Gasteiger partial charge in [0.15, 0.2) is 0 Å². The molecule has 0 saturated heterocycles. The second-order valence-electron chi connectivity index (χ2n) is 5.75. The lowest BCUT2D eigenvalue weighted by Crippen LogP contribution is -2.10. The number of nitrogens with two attached hydrogens (primary N) is 1. The zero-order valence-electron chi connectivity index (χ0n) is 11.4. The first-order chi connectivity index (χ1) is 9.74. The zero-order chi connectivity index (χ0) is 13.7. The SMILES string of the molecule is NC(=O)c1cnn(-c2c3c(cc4c2CCC4)CCC3)c1. The molecule has 0 radical (unpaired) electrons. The molecule has 0 bridgehead atoms. The van der Waals surface area contributed by atoms with Gasteiger partial charge in [0.1, 0.15) is 0 Å². The standard InChI is InChI=1S/C16H17N3O/c17-16(20)12-8-18-19(9-12)15-13-5-1-3-10(13)7-11-4-2-6-14(11)15/h7-9H,1-6H2,(H2,17,20). The lowest BCUT2D eigenvalue weighted by Gasteiger charge is -2.14. The molecule has 0 unspecified atom stereocenters. The minimum absolute atomic E-state index is 0.416. The summed E-state index contributed by atoms with van der Waals surface area (Å²) in [6.45, 7) is 0. The molecule has 0 atom stereocenters. The van der Waals surface area contributed by atoms with Crippen molar-refractivity contribution in [1.82, 2.24) is 9.78 Å². The number of benzene rings is 1. The molecule has 0 aliphatic heterocycles. The maximum atomic E-state index is 11.3. The van der Waals surface area contributed by atoms with Crippen molar-refractivity contribution in [2.24, 2.45) is 5.73 Å². The normalized spacial score (nSPS) is 16.2. The van der Waals surface area contributed by atoms with Gasteiger partial charge in [-0.2, -0.15) is 5.10 Å². The number of fused-ring (bicyclic) bond motifs is 2. The Morgan fingerprint density at radius 2 is 1.75 bits per heavy atom. The number of nitrogens with zero attached hydrogens (tertiary/aromatic N) is 2. The van der Waals surface area contributed by atoms with E-state index < -0.39 is 5.91 Å². The third-order valence-electron chi connectivity index (χ3n) is 4.54. The Hall–Kier alpha value is -2.10. The fourth-order valence-electron chi connectivity index (χ4n) is 3.63. The van der Waals surface area contributed by atoms with Gasteiger partial charge in [0.2, 0.25) is 0 Å². The van der Waals surface area contributed by atoms with Crippen LogP contribution in [0.4, 0.5) is 0 Å². The topological polar surface area (TPSA) is 60.9 Å². The second-order valence-corrected chi connectivity index (χ2v) is 5.75. The predicted molar refractivity (Wildman–Crippen MR) is 76.1 cm³/mol. The van der Waals surface area contributed by atoms with Crippen LogP contribution in [-0.2, 0) is 25.7 Å². The summed E-state index contributed by atoms with van der Waals surface area (Å²) in [5, 5.41) is 4.38. The van der Waals surface area contributed by atoms with Crippen LogP contribution in [0.25, 0.3) is 5.69 Å². The molecule has 4 heteroatoms.